The highest BCUT2D eigenvalue weighted by atomic mass is 16.1. The number of aromatic nitrogens is 2. The highest BCUT2D eigenvalue weighted by molar-refractivity contribution is 6.10. The number of hydrogen-bond acceptors (Lipinski definition) is 3. The predicted octanol–water partition coefficient (Wildman–Crippen LogP) is 1.49. The molecule has 0 atom stereocenters. The number of H-pyrrole nitrogens is 2. The molecule has 0 spiro atoms. The molecule has 5 heteroatoms. The molecule has 0 amide bonds. The van der Waals surface area contributed by atoms with E-state index in [1.54, 1.807) is 18.2 Å². The van der Waals surface area contributed by atoms with Crippen LogP contribution in [0.25, 0.3) is 11.0 Å². The molecule has 1 aliphatic rings. The molecule has 0 saturated carbocycles. The van der Waals surface area contributed by atoms with Gasteiger partial charge in [-0.2, -0.15) is 0 Å². The number of hydrogen-bond donors (Lipinski definition) is 2. The molecule has 5 nitrogen and oxygen atoms in total. The SMILES string of the molecule is O=C(C#CN1CCCCC1)c1ccc2[nH]c(=O)[nH]c2c1. The Labute approximate surface area is 116 Å². The number of carbonyl (C=O) groups excluding carboxylic acids is 1. The zero-order valence-electron chi connectivity index (χ0n) is 11.0. The molecule has 1 saturated heterocycles. The van der Waals surface area contributed by atoms with Gasteiger partial charge in [-0.1, -0.05) is 0 Å². The number of piperidine rings is 1. The van der Waals surface area contributed by atoms with E-state index in [1.165, 1.54) is 6.42 Å². The number of fused-ring (bicyclic) bond motifs is 1. The smallest absolute Gasteiger partial charge is 0.323 e. The first-order chi connectivity index (χ1) is 9.72. The molecule has 2 heterocycles. The van der Waals surface area contributed by atoms with Gasteiger partial charge in [0.05, 0.1) is 11.0 Å². The third-order valence-electron chi connectivity index (χ3n) is 3.46. The van der Waals surface area contributed by atoms with Crippen molar-refractivity contribution in [1.82, 2.24) is 14.9 Å². The van der Waals surface area contributed by atoms with Crippen molar-refractivity contribution in [1.29, 1.82) is 0 Å². The van der Waals surface area contributed by atoms with E-state index in [4.69, 9.17) is 0 Å². The number of carbonyl (C=O) groups is 1. The lowest BCUT2D eigenvalue weighted by atomic mass is 10.1. The molecule has 1 aliphatic heterocycles. The summed E-state index contributed by atoms with van der Waals surface area (Å²) in [5, 5.41) is 0. The summed E-state index contributed by atoms with van der Waals surface area (Å²) in [5.74, 6) is 2.45. The average molecular weight is 269 g/mol. The van der Waals surface area contributed by atoms with Crippen LogP contribution < -0.4 is 5.69 Å². The quantitative estimate of drug-likeness (QED) is 0.608. The molecule has 2 N–H and O–H groups in total. The van der Waals surface area contributed by atoms with Crippen LogP contribution in [0.15, 0.2) is 23.0 Å². The normalized spacial score (nSPS) is 14.9. The van der Waals surface area contributed by atoms with E-state index in [0.29, 0.717) is 16.6 Å². The van der Waals surface area contributed by atoms with Crippen LogP contribution in [0.4, 0.5) is 0 Å². The fraction of sp³-hybridized carbons (Fsp3) is 0.333. The van der Waals surface area contributed by atoms with Crippen LogP contribution in [0.3, 0.4) is 0 Å². The Morgan fingerprint density at radius 3 is 2.65 bits per heavy atom. The fourth-order valence-electron chi connectivity index (χ4n) is 2.38. The number of Topliss-reactive ketones (excluding diaryl/α,β-unsaturated/α-hetero) is 1. The maximum atomic E-state index is 12.0. The molecule has 0 aliphatic carbocycles. The van der Waals surface area contributed by atoms with Crippen molar-refractivity contribution >= 4 is 16.8 Å². The second kappa shape index (κ2) is 5.25. The molecule has 1 fully saturated rings. The lowest BCUT2D eigenvalue weighted by Gasteiger charge is -2.21. The summed E-state index contributed by atoms with van der Waals surface area (Å²) >= 11 is 0. The maximum absolute atomic E-state index is 12.0. The summed E-state index contributed by atoms with van der Waals surface area (Å²) in [4.78, 5) is 30.5. The first-order valence-electron chi connectivity index (χ1n) is 6.75. The van der Waals surface area contributed by atoms with E-state index in [2.05, 4.69) is 21.9 Å². The van der Waals surface area contributed by atoms with Crippen LogP contribution >= 0.6 is 0 Å². The number of rotatable bonds is 1. The first kappa shape index (κ1) is 12.5. The van der Waals surface area contributed by atoms with Gasteiger partial charge in [0.1, 0.15) is 0 Å². The van der Waals surface area contributed by atoms with Gasteiger partial charge in [-0.15, -0.1) is 0 Å². The van der Waals surface area contributed by atoms with Gasteiger partial charge in [-0.3, -0.25) is 4.79 Å². The summed E-state index contributed by atoms with van der Waals surface area (Å²) < 4.78 is 0. The number of imidazole rings is 1. The summed E-state index contributed by atoms with van der Waals surface area (Å²) in [6.07, 6.45) is 3.52. The van der Waals surface area contributed by atoms with Crippen molar-refractivity contribution in [3.63, 3.8) is 0 Å². The zero-order chi connectivity index (χ0) is 13.9. The Morgan fingerprint density at radius 2 is 1.85 bits per heavy atom. The van der Waals surface area contributed by atoms with E-state index in [0.717, 1.165) is 25.9 Å². The highest BCUT2D eigenvalue weighted by Crippen LogP contribution is 2.11. The van der Waals surface area contributed by atoms with Gasteiger partial charge >= 0.3 is 5.69 Å². The molecule has 2 aromatic rings. The van der Waals surface area contributed by atoms with Gasteiger partial charge in [0.2, 0.25) is 5.78 Å². The van der Waals surface area contributed by atoms with Gasteiger partial charge in [-0.25, -0.2) is 4.79 Å². The van der Waals surface area contributed by atoms with Crippen LogP contribution in [0.5, 0.6) is 0 Å². The van der Waals surface area contributed by atoms with Gasteiger partial charge in [0.15, 0.2) is 0 Å². The summed E-state index contributed by atoms with van der Waals surface area (Å²) in [7, 11) is 0. The first-order valence-corrected chi connectivity index (χ1v) is 6.75. The summed E-state index contributed by atoms with van der Waals surface area (Å²) in [6, 6.07) is 7.97. The van der Waals surface area contributed by atoms with Crippen LogP contribution in [0, 0.1) is 12.0 Å². The topological polar surface area (TPSA) is 69.0 Å². The van der Waals surface area contributed by atoms with E-state index in [-0.39, 0.29) is 11.5 Å². The zero-order valence-corrected chi connectivity index (χ0v) is 11.0. The number of likely N-dealkylation sites (tertiary alicyclic amines) is 1. The largest absolute Gasteiger partial charge is 0.332 e. The van der Waals surface area contributed by atoms with Crippen LogP contribution in [-0.2, 0) is 0 Å². The lowest BCUT2D eigenvalue weighted by molar-refractivity contribution is 0.105. The van der Waals surface area contributed by atoms with Crippen molar-refractivity contribution in [2.24, 2.45) is 0 Å². The molecule has 3 rings (SSSR count). The van der Waals surface area contributed by atoms with Crippen molar-refractivity contribution < 1.29 is 4.79 Å². The molecular formula is C15H15N3O2. The van der Waals surface area contributed by atoms with Gasteiger partial charge < -0.3 is 14.9 Å². The fourth-order valence-corrected chi connectivity index (χ4v) is 2.38. The van der Waals surface area contributed by atoms with Crippen molar-refractivity contribution in [3.05, 3.63) is 34.2 Å². The number of aromatic amines is 2. The third kappa shape index (κ3) is 2.59. The van der Waals surface area contributed by atoms with Crippen LogP contribution in [-0.4, -0.2) is 33.7 Å². The molecule has 0 bridgehead atoms. The molecule has 1 aromatic carbocycles. The standard InChI is InChI=1S/C15H15N3O2/c19-14(6-9-18-7-2-1-3-8-18)11-4-5-12-13(10-11)17-15(20)16-12/h4-5,10H,1-3,7-8H2,(H2,16,17,20). The Hall–Kier alpha value is -2.48. The maximum Gasteiger partial charge on any atom is 0.323 e. The second-order valence-corrected chi connectivity index (χ2v) is 4.95. The van der Waals surface area contributed by atoms with Crippen LogP contribution in [0.2, 0.25) is 0 Å². The Bertz CT molecular complexity index is 754. The Balaban J connectivity index is 1.81. The predicted molar refractivity (Wildman–Crippen MR) is 76.4 cm³/mol. The number of nitrogens with zero attached hydrogens (tertiary/aromatic N) is 1. The minimum atomic E-state index is -0.274. The molecule has 20 heavy (non-hydrogen) atoms. The van der Waals surface area contributed by atoms with E-state index in [9.17, 15) is 9.59 Å². The monoisotopic (exact) mass is 269 g/mol. The Morgan fingerprint density at radius 1 is 1.10 bits per heavy atom. The molecular weight excluding hydrogens is 254 g/mol. The highest BCUT2D eigenvalue weighted by Gasteiger charge is 2.08. The number of nitrogens with one attached hydrogen (secondary N) is 2. The van der Waals surface area contributed by atoms with Crippen molar-refractivity contribution in [3.8, 4) is 12.0 Å². The van der Waals surface area contributed by atoms with Crippen LogP contribution in [0.1, 0.15) is 29.6 Å². The Kier molecular flexibility index (Phi) is 3.30. The van der Waals surface area contributed by atoms with Crippen molar-refractivity contribution in [2.45, 2.75) is 19.3 Å². The van der Waals surface area contributed by atoms with Gasteiger partial charge in [0, 0.05) is 24.7 Å². The third-order valence-corrected chi connectivity index (χ3v) is 3.46. The summed E-state index contributed by atoms with van der Waals surface area (Å²) in [5.41, 5.74) is 1.54. The molecule has 0 radical (unpaired) electrons. The molecule has 102 valence electrons. The van der Waals surface area contributed by atoms with E-state index < -0.39 is 0 Å². The van der Waals surface area contributed by atoms with Crippen molar-refractivity contribution in [2.75, 3.05) is 13.1 Å². The van der Waals surface area contributed by atoms with Gasteiger partial charge in [0.25, 0.3) is 0 Å². The molecule has 1 aromatic heterocycles. The average Bonchev–Trinajstić information content (AvgIpc) is 2.85. The minimum Gasteiger partial charge on any atom is -0.332 e. The lowest BCUT2D eigenvalue weighted by Crippen LogP contribution is -2.24. The van der Waals surface area contributed by atoms with Gasteiger partial charge in [-0.05, 0) is 43.4 Å². The second-order valence-electron chi connectivity index (χ2n) is 4.95. The molecule has 0 unspecified atom stereocenters. The number of benzene rings is 1. The van der Waals surface area contributed by atoms with E-state index >= 15 is 0 Å². The number of ketones is 1. The minimum absolute atomic E-state index is 0.223. The van der Waals surface area contributed by atoms with E-state index in [1.807, 2.05) is 4.90 Å². The summed E-state index contributed by atoms with van der Waals surface area (Å²) in [6.45, 7) is 1.87.